The maximum Gasteiger partial charge on any atom is 0.315 e. The lowest BCUT2D eigenvalue weighted by atomic mass is 9.75. The molecule has 1 aliphatic rings. The Labute approximate surface area is 126 Å². The monoisotopic (exact) mass is 294 g/mol. The molecule has 0 spiro atoms. The van der Waals surface area contributed by atoms with Gasteiger partial charge in [0.15, 0.2) is 0 Å². The molecule has 21 heavy (non-hydrogen) atoms. The molecule has 0 aliphatic heterocycles. The minimum atomic E-state index is -0.151. The molecule has 0 bridgehead atoms. The molecule has 1 heterocycles. The molecule has 5 nitrogen and oxygen atoms in total. The topological polar surface area (TPSA) is 63.5 Å². The highest BCUT2D eigenvalue weighted by atomic mass is 16.5. The third-order valence-electron chi connectivity index (χ3n) is 3.78. The number of carbonyl (C=O) groups excluding carboxylic acids is 1. The van der Waals surface area contributed by atoms with Crippen LogP contribution in [0.4, 0.5) is 4.79 Å². The van der Waals surface area contributed by atoms with Gasteiger partial charge in [-0.15, -0.1) is 0 Å². The summed E-state index contributed by atoms with van der Waals surface area (Å²) in [6.07, 6.45) is 1.83. The van der Waals surface area contributed by atoms with Gasteiger partial charge in [-0.05, 0) is 31.7 Å². The quantitative estimate of drug-likeness (QED) is 0.821. The highest BCUT2D eigenvalue weighted by Gasteiger charge is 2.35. The van der Waals surface area contributed by atoms with Gasteiger partial charge in [-0.1, -0.05) is 13.8 Å². The first-order valence-corrected chi connectivity index (χ1v) is 7.62. The van der Waals surface area contributed by atoms with Gasteiger partial charge >= 0.3 is 6.03 Å². The number of furan rings is 1. The van der Waals surface area contributed by atoms with Crippen LogP contribution in [0.2, 0.25) is 0 Å². The lowest BCUT2D eigenvalue weighted by molar-refractivity contribution is 0.148. The Morgan fingerprint density at radius 3 is 3.00 bits per heavy atom. The second-order valence-electron chi connectivity index (χ2n) is 6.43. The molecule has 0 fully saturated rings. The normalized spacial score (nSPS) is 19.9. The van der Waals surface area contributed by atoms with Gasteiger partial charge in [0.1, 0.15) is 11.5 Å². The molecule has 2 N–H and O–H groups in total. The maximum absolute atomic E-state index is 12.0. The summed E-state index contributed by atoms with van der Waals surface area (Å²) in [5.74, 6) is 1.91. The average molecular weight is 294 g/mol. The number of aryl methyl sites for hydroxylation is 1. The first kappa shape index (κ1) is 15.9. The number of fused-ring (bicyclic) bond motifs is 1. The fourth-order valence-corrected chi connectivity index (χ4v) is 2.90. The van der Waals surface area contributed by atoms with Gasteiger partial charge in [0, 0.05) is 25.1 Å². The number of hydrogen-bond donors (Lipinski definition) is 2. The van der Waals surface area contributed by atoms with Crippen LogP contribution in [-0.4, -0.2) is 25.8 Å². The Balaban J connectivity index is 1.97. The standard InChI is InChI=1S/C16H26N2O3/c1-5-20-7-6-17-15(19)18-13-9-16(3,4)10-14-12(13)8-11(2)21-14/h8,13H,5-7,9-10H2,1-4H3,(H2,17,18,19). The fraction of sp³-hybridized carbons (Fsp3) is 0.688. The van der Waals surface area contributed by atoms with E-state index in [-0.39, 0.29) is 17.5 Å². The molecule has 1 aliphatic carbocycles. The van der Waals surface area contributed by atoms with Crippen LogP contribution >= 0.6 is 0 Å². The predicted molar refractivity (Wildman–Crippen MR) is 81.3 cm³/mol. The summed E-state index contributed by atoms with van der Waals surface area (Å²) in [5.41, 5.74) is 1.24. The van der Waals surface area contributed by atoms with Crippen LogP contribution in [-0.2, 0) is 11.2 Å². The molecule has 5 heteroatoms. The third kappa shape index (κ3) is 4.24. The van der Waals surface area contributed by atoms with Crippen molar-refractivity contribution in [1.82, 2.24) is 10.6 Å². The fourth-order valence-electron chi connectivity index (χ4n) is 2.90. The van der Waals surface area contributed by atoms with E-state index in [1.54, 1.807) is 0 Å². The number of hydrogen-bond acceptors (Lipinski definition) is 3. The summed E-state index contributed by atoms with van der Waals surface area (Å²) in [6.45, 7) is 10.0. The van der Waals surface area contributed by atoms with E-state index in [4.69, 9.17) is 9.15 Å². The van der Waals surface area contributed by atoms with Crippen molar-refractivity contribution in [3.05, 3.63) is 23.2 Å². The molecule has 0 aromatic carbocycles. The summed E-state index contributed by atoms with van der Waals surface area (Å²) in [6, 6.07) is 1.89. The smallest absolute Gasteiger partial charge is 0.315 e. The third-order valence-corrected chi connectivity index (χ3v) is 3.78. The van der Waals surface area contributed by atoms with Gasteiger partial charge in [-0.25, -0.2) is 4.79 Å². The van der Waals surface area contributed by atoms with Crippen LogP contribution in [0.25, 0.3) is 0 Å². The molecule has 0 radical (unpaired) electrons. The van der Waals surface area contributed by atoms with Crippen molar-refractivity contribution in [3.63, 3.8) is 0 Å². The van der Waals surface area contributed by atoms with Crippen molar-refractivity contribution >= 4 is 6.03 Å². The summed E-state index contributed by atoms with van der Waals surface area (Å²) < 4.78 is 11.0. The van der Waals surface area contributed by atoms with Crippen molar-refractivity contribution in [2.75, 3.05) is 19.8 Å². The highest BCUT2D eigenvalue weighted by molar-refractivity contribution is 5.74. The van der Waals surface area contributed by atoms with Crippen LogP contribution in [0, 0.1) is 12.3 Å². The number of nitrogens with one attached hydrogen (secondary N) is 2. The van der Waals surface area contributed by atoms with Crippen molar-refractivity contribution in [2.24, 2.45) is 5.41 Å². The van der Waals surface area contributed by atoms with Crippen LogP contribution in [0.1, 0.15) is 50.3 Å². The van der Waals surface area contributed by atoms with Crippen LogP contribution in [0.3, 0.4) is 0 Å². The summed E-state index contributed by atoms with van der Waals surface area (Å²) in [7, 11) is 0. The number of ether oxygens (including phenoxy) is 1. The maximum atomic E-state index is 12.0. The zero-order chi connectivity index (χ0) is 15.5. The van der Waals surface area contributed by atoms with Crippen LogP contribution in [0.5, 0.6) is 0 Å². The minimum Gasteiger partial charge on any atom is -0.466 e. The Kier molecular flexibility index (Phi) is 4.93. The van der Waals surface area contributed by atoms with Crippen molar-refractivity contribution in [3.8, 4) is 0 Å². The zero-order valence-corrected chi connectivity index (χ0v) is 13.4. The van der Waals surface area contributed by atoms with Gasteiger partial charge in [-0.2, -0.15) is 0 Å². The molecule has 2 amide bonds. The average Bonchev–Trinajstić information content (AvgIpc) is 2.73. The Bertz CT molecular complexity index is 494. The van der Waals surface area contributed by atoms with E-state index < -0.39 is 0 Å². The molecule has 1 atom stereocenters. The molecule has 118 valence electrons. The lowest BCUT2D eigenvalue weighted by Gasteiger charge is -2.34. The number of amides is 2. The van der Waals surface area contributed by atoms with Gasteiger partial charge in [0.2, 0.25) is 0 Å². The summed E-state index contributed by atoms with van der Waals surface area (Å²) in [5, 5.41) is 5.88. The molecule has 0 saturated carbocycles. The highest BCUT2D eigenvalue weighted by Crippen LogP contribution is 2.41. The van der Waals surface area contributed by atoms with Crippen molar-refractivity contribution in [2.45, 2.75) is 46.6 Å². The Hall–Kier alpha value is -1.49. The Morgan fingerprint density at radius 2 is 2.29 bits per heavy atom. The number of urea groups is 1. The second-order valence-corrected chi connectivity index (χ2v) is 6.43. The zero-order valence-electron chi connectivity index (χ0n) is 13.4. The Morgan fingerprint density at radius 1 is 1.52 bits per heavy atom. The summed E-state index contributed by atoms with van der Waals surface area (Å²) in [4.78, 5) is 12.0. The van der Waals surface area contributed by atoms with Crippen LogP contribution in [0.15, 0.2) is 10.5 Å². The van der Waals surface area contributed by atoms with Gasteiger partial charge in [0.05, 0.1) is 12.6 Å². The van der Waals surface area contributed by atoms with E-state index in [1.807, 2.05) is 19.9 Å². The molecule has 2 rings (SSSR count). The first-order chi connectivity index (χ1) is 9.91. The van der Waals surface area contributed by atoms with E-state index in [9.17, 15) is 4.79 Å². The summed E-state index contributed by atoms with van der Waals surface area (Å²) >= 11 is 0. The number of carbonyl (C=O) groups is 1. The molecular weight excluding hydrogens is 268 g/mol. The van der Waals surface area contributed by atoms with Crippen LogP contribution < -0.4 is 10.6 Å². The molecule has 1 aromatic rings. The molecule has 1 aromatic heterocycles. The van der Waals surface area contributed by atoms with E-state index in [2.05, 4.69) is 24.5 Å². The van der Waals surface area contributed by atoms with E-state index in [0.717, 1.165) is 29.9 Å². The second kappa shape index (κ2) is 6.52. The SMILES string of the molecule is CCOCCNC(=O)NC1CC(C)(C)Cc2oc(C)cc21. The molecule has 0 saturated heterocycles. The van der Waals surface area contributed by atoms with E-state index in [0.29, 0.717) is 19.8 Å². The van der Waals surface area contributed by atoms with E-state index >= 15 is 0 Å². The minimum absolute atomic E-state index is 0.00768. The molecular formula is C16H26N2O3. The predicted octanol–water partition coefficient (Wildman–Crippen LogP) is 2.94. The molecule has 1 unspecified atom stereocenters. The largest absolute Gasteiger partial charge is 0.466 e. The van der Waals surface area contributed by atoms with Gasteiger partial charge in [0.25, 0.3) is 0 Å². The number of rotatable bonds is 5. The van der Waals surface area contributed by atoms with E-state index in [1.165, 1.54) is 0 Å². The van der Waals surface area contributed by atoms with Crippen molar-refractivity contribution in [1.29, 1.82) is 0 Å². The van der Waals surface area contributed by atoms with Gasteiger partial charge < -0.3 is 19.8 Å². The van der Waals surface area contributed by atoms with Crippen molar-refractivity contribution < 1.29 is 13.9 Å². The van der Waals surface area contributed by atoms with Gasteiger partial charge in [-0.3, -0.25) is 0 Å². The first-order valence-electron chi connectivity index (χ1n) is 7.62. The lowest BCUT2D eigenvalue weighted by Crippen LogP contribution is -2.42.